The molecule has 1 saturated heterocycles. The molecule has 7 heteroatoms. The van der Waals surface area contributed by atoms with Gasteiger partial charge >= 0.3 is 12.1 Å². The quantitative estimate of drug-likeness (QED) is 0.421. The number of unbranched alkanes of at least 4 members (excludes halogenated alkanes) is 3. The molecule has 0 saturated carbocycles. The van der Waals surface area contributed by atoms with Crippen LogP contribution in [0.5, 0.6) is 0 Å². The van der Waals surface area contributed by atoms with Gasteiger partial charge < -0.3 is 14.9 Å². The van der Waals surface area contributed by atoms with Gasteiger partial charge in [0.25, 0.3) is 5.91 Å². The third-order valence-electron chi connectivity index (χ3n) is 4.10. The molecule has 1 heterocycles. The van der Waals surface area contributed by atoms with Gasteiger partial charge in [0.15, 0.2) is 0 Å². The van der Waals surface area contributed by atoms with Crippen LogP contribution in [0.2, 0.25) is 0 Å². The summed E-state index contributed by atoms with van der Waals surface area (Å²) in [6, 6.07) is 0. The minimum Gasteiger partial charge on any atom is -0.446 e. The predicted octanol–water partition coefficient (Wildman–Crippen LogP) is 3.61. The van der Waals surface area contributed by atoms with E-state index in [4.69, 9.17) is 9.57 Å². The number of alkyl carbamates (subject to hydrolysis) is 1. The maximum absolute atomic E-state index is 11.8. The topological polar surface area (TPSA) is 84.9 Å². The molecule has 1 atom stereocenters. The van der Waals surface area contributed by atoms with Crippen LogP contribution in [0.1, 0.15) is 64.7 Å². The summed E-state index contributed by atoms with van der Waals surface area (Å²) in [5.74, 6) is -0.884. The Kier molecular flexibility index (Phi) is 10.1. The molecule has 1 aliphatic heterocycles. The largest absolute Gasteiger partial charge is 0.446 e. The maximum Gasteiger partial charge on any atom is 0.407 e. The van der Waals surface area contributed by atoms with E-state index in [1.807, 2.05) is 13.0 Å². The number of nitrogens with zero attached hydrogens (tertiary/aromatic N) is 1. The Labute approximate surface area is 155 Å². The molecule has 7 nitrogen and oxygen atoms in total. The molecule has 1 aliphatic rings. The standard InChI is InChI=1S/C19H30N2O5/c1-4-6-7-8-9-10-16(5-2)25-19(24)20-14-13-18(23)26-21-15(3)11-12-17(21)22/h4,16H,1,3,5-14H2,2H3,(H,20,24). The Balaban J connectivity index is 2.17. The summed E-state index contributed by atoms with van der Waals surface area (Å²) >= 11 is 0. The smallest absolute Gasteiger partial charge is 0.407 e. The van der Waals surface area contributed by atoms with Gasteiger partial charge in [0.1, 0.15) is 6.10 Å². The SMILES string of the molecule is C=CCCCCCC(CC)OC(=O)NCCC(=O)ON1C(=C)CCC1=O. The molecule has 1 fully saturated rings. The fourth-order valence-corrected chi connectivity index (χ4v) is 2.54. The van der Waals surface area contributed by atoms with Crippen LogP contribution in [0.3, 0.4) is 0 Å². The maximum atomic E-state index is 11.8. The number of nitrogens with one attached hydrogen (secondary N) is 1. The van der Waals surface area contributed by atoms with Crippen LogP contribution in [0, 0.1) is 0 Å². The molecule has 1 rings (SSSR count). The van der Waals surface area contributed by atoms with E-state index in [0.717, 1.165) is 43.6 Å². The van der Waals surface area contributed by atoms with E-state index in [1.54, 1.807) is 0 Å². The summed E-state index contributed by atoms with van der Waals surface area (Å²) < 4.78 is 5.35. The van der Waals surface area contributed by atoms with E-state index in [-0.39, 0.29) is 25.0 Å². The Hall–Kier alpha value is -2.31. The first kappa shape index (κ1) is 21.7. The Morgan fingerprint density at radius 2 is 2.08 bits per heavy atom. The van der Waals surface area contributed by atoms with Gasteiger partial charge in [0.05, 0.1) is 12.1 Å². The van der Waals surface area contributed by atoms with Crippen molar-refractivity contribution in [2.75, 3.05) is 6.54 Å². The van der Waals surface area contributed by atoms with E-state index >= 15 is 0 Å². The average molecular weight is 366 g/mol. The first-order chi connectivity index (χ1) is 12.5. The van der Waals surface area contributed by atoms with Crippen LogP contribution < -0.4 is 5.32 Å². The predicted molar refractivity (Wildman–Crippen MR) is 97.8 cm³/mol. The molecule has 2 amide bonds. The van der Waals surface area contributed by atoms with Crippen LogP contribution in [0.4, 0.5) is 4.79 Å². The van der Waals surface area contributed by atoms with E-state index in [1.165, 1.54) is 0 Å². The molecule has 0 spiro atoms. The number of rotatable bonds is 12. The third-order valence-corrected chi connectivity index (χ3v) is 4.10. The van der Waals surface area contributed by atoms with Crippen LogP contribution >= 0.6 is 0 Å². The normalized spacial score (nSPS) is 14.9. The molecule has 146 valence electrons. The van der Waals surface area contributed by atoms with Crippen molar-refractivity contribution in [1.82, 2.24) is 10.4 Å². The van der Waals surface area contributed by atoms with Crippen LogP contribution in [0.15, 0.2) is 24.9 Å². The van der Waals surface area contributed by atoms with Crippen LogP contribution in [0.25, 0.3) is 0 Å². The lowest BCUT2D eigenvalue weighted by atomic mass is 10.1. The molecule has 0 aromatic carbocycles. The Bertz CT molecular complexity index is 502. The van der Waals surface area contributed by atoms with Gasteiger partial charge in [-0.25, -0.2) is 9.59 Å². The summed E-state index contributed by atoms with van der Waals surface area (Å²) in [6.45, 7) is 9.41. The highest BCUT2D eigenvalue weighted by atomic mass is 16.7. The molecule has 0 aromatic rings. The zero-order chi connectivity index (χ0) is 19.4. The molecule has 1 unspecified atom stereocenters. The van der Waals surface area contributed by atoms with E-state index in [2.05, 4.69) is 18.5 Å². The lowest BCUT2D eigenvalue weighted by Gasteiger charge is -2.17. The lowest BCUT2D eigenvalue weighted by Crippen LogP contribution is -2.32. The van der Waals surface area contributed by atoms with Gasteiger partial charge in [-0.2, -0.15) is 0 Å². The molecule has 0 bridgehead atoms. The molecule has 0 aromatic heterocycles. The number of hydroxylamine groups is 2. The van der Waals surface area contributed by atoms with Crippen molar-refractivity contribution in [3.8, 4) is 0 Å². The third kappa shape index (κ3) is 8.18. The highest BCUT2D eigenvalue weighted by molar-refractivity contribution is 5.82. The van der Waals surface area contributed by atoms with Gasteiger partial charge in [-0.05, 0) is 38.5 Å². The molecule has 0 radical (unpaired) electrons. The van der Waals surface area contributed by atoms with Crippen molar-refractivity contribution in [3.63, 3.8) is 0 Å². The van der Waals surface area contributed by atoms with E-state index in [9.17, 15) is 14.4 Å². The number of amides is 2. The summed E-state index contributed by atoms with van der Waals surface area (Å²) in [6.07, 6.45) is 7.72. The number of hydrogen-bond donors (Lipinski definition) is 1. The first-order valence-corrected chi connectivity index (χ1v) is 9.24. The van der Waals surface area contributed by atoms with Crippen LogP contribution in [-0.4, -0.2) is 35.7 Å². The Morgan fingerprint density at radius 3 is 2.69 bits per heavy atom. The van der Waals surface area contributed by atoms with Gasteiger partial charge in [-0.1, -0.05) is 26.0 Å². The molecule has 26 heavy (non-hydrogen) atoms. The van der Waals surface area contributed by atoms with Gasteiger partial charge in [0, 0.05) is 13.0 Å². The van der Waals surface area contributed by atoms with E-state index < -0.39 is 12.1 Å². The Morgan fingerprint density at radius 1 is 1.31 bits per heavy atom. The number of carbonyl (C=O) groups is 3. The number of carbonyl (C=O) groups excluding carboxylic acids is 3. The van der Waals surface area contributed by atoms with Crippen molar-refractivity contribution in [1.29, 1.82) is 0 Å². The van der Waals surface area contributed by atoms with Crippen LogP contribution in [-0.2, 0) is 19.2 Å². The highest BCUT2D eigenvalue weighted by Gasteiger charge is 2.28. The van der Waals surface area contributed by atoms with Crippen molar-refractivity contribution in [2.45, 2.75) is 70.8 Å². The van der Waals surface area contributed by atoms with Crippen molar-refractivity contribution in [3.05, 3.63) is 24.9 Å². The molecule has 1 N–H and O–H groups in total. The lowest BCUT2D eigenvalue weighted by molar-refractivity contribution is -0.186. The fraction of sp³-hybridized carbons (Fsp3) is 0.632. The van der Waals surface area contributed by atoms with Crippen molar-refractivity contribution in [2.24, 2.45) is 0 Å². The minimum atomic E-state index is -0.601. The molecular formula is C19H30N2O5. The van der Waals surface area contributed by atoms with E-state index in [0.29, 0.717) is 18.5 Å². The minimum absolute atomic E-state index is 0.0511. The summed E-state index contributed by atoms with van der Waals surface area (Å²) in [7, 11) is 0. The van der Waals surface area contributed by atoms with Gasteiger partial charge in [0.2, 0.25) is 0 Å². The average Bonchev–Trinajstić information content (AvgIpc) is 2.92. The molecular weight excluding hydrogens is 336 g/mol. The number of ether oxygens (including phenoxy) is 1. The highest BCUT2D eigenvalue weighted by Crippen LogP contribution is 2.20. The summed E-state index contributed by atoms with van der Waals surface area (Å²) in [5, 5.41) is 3.47. The summed E-state index contributed by atoms with van der Waals surface area (Å²) in [4.78, 5) is 40.0. The fourth-order valence-electron chi connectivity index (χ4n) is 2.54. The summed E-state index contributed by atoms with van der Waals surface area (Å²) in [5.41, 5.74) is 0.467. The van der Waals surface area contributed by atoms with Gasteiger partial charge in [-0.3, -0.25) is 4.79 Å². The number of hydrogen-bond acceptors (Lipinski definition) is 5. The molecule has 0 aliphatic carbocycles. The van der Waals surface area contributed by atoms with Crippen molar-refractivity contribution >= 4 is 18.0 Å². The first-order valence-electron chi connectivity index (χ1n) is 9.24. The zero-order valence-electron chi connectivity index (χ0n) is 15.6. The second kappa shape index (κ2) is 12.1. The number of allylic oxidation sites excluding steroid dienone is 2. The second-order valence-corrected chi connectivity index (χ2v) is 6.26. The zero-order valence-corrected chi connectivity index (χ0v) is 15.6. The van der Waals surface area contributed by atoms with Gasteiger partial charge in [-0.15, -0.1) is 11.6 Å². The monoisotopic (exact) mass is 366 g/mol. The second-order valence-electron chi connectivity index (χ2n) is 6.26. The van der Waals surface area contributed by atoms with Crippen molar-refractivity contribution < 1.29 is 24.0 Å².